The summed E-state index contributed by atoms with van der Waals surface area (Å²) in [5.41, 5.74) is 1.25. The maximum atomic E-state index is 10.2. The summed E-state index contributed by atoms with van der Waals surface area (Å²) >= 11 is 0. The van der Waals surface area contributed by atoms with E-state index >= 15 is 0 Å². The van der Waals surface area contributed by atoms with Gasteiger partial charge in [-0.2, -0.15) is 0 Å². The second-order valence-corrected chi connectivity index (χ2v) is 7.32. The monoisotopic (exact) mass is 338 g/mol. The number of ether oxygens (including phenoxy) is 1. The van der Waals surface area contributed by atoms with Crippen LogP contribution in [0.5, 0.6) is 0 Å². The molecular weight excluding hydrogens is 308 g/mol. The molecule has 0 saturated carbocycles. The molecule has 2 fully saturated rings. The average molecular weight is 338 g/mol. The molecule has 0 aromatic carbocycles. The molecule has 0 bridgehead atoms. The number of aromatic nitrogens is 2. The number of nitrogens with zero attached hydrogens (tertiary/aromatic N) is 4. The largest absolute Gasteiger partial charge is 0.389 e. The van der Waals surface area contributed by atoms with Gasteiger partial charge in [-0.3, -0.25) is 9.80 Å². The van der Waals surface area contributed by atoms with Gasteiger partial charge in [0.05, 0.1) is 37.4 Å². The first-order chi connectivity index (χ1) is 11.5. The highest BCUT2D eigenvalue weighted by Crippen LogP contribution is 2.22. The predicted molar refractivity (Wildman–Crippen MR) is 90.5 cm³/mol. The fourth-order valence-corrected chi connectivity index (χ4v) is 3.79. The zero-order chi connectivity index (χ0) is 17.1. The first-order valence-corrected chi connectivity index (χ1v) is 8.86. The van der Waals surface area contributed by atoms with Crippen molar-refractivity contribution in [1.82, 2.24) is 19.4 Å². The van der Waals surface area contributed by atoms with Crippen LogP contribution in [0, 0.1) is 5.92 Å². The van der Waals surface area contributed by atoms with Gasteiger partial charge in [0.2, 0.25) is 0 Å². The molecule has 2 saturated heterocycles. The van der Waals surface area contributed by atoms with E-state index in [-0.39, 0.29) is 12.6 Å². The standard InChI is InChI=1S/C17H30N4O3/c1-19(15-10-24-11-16(22)17(15)23)8-13-3-5-21(6-4-13)9-14-7-18-12-20(14)2/h7,12-13,15-17,22-23H,3-6,8-11H2,1-2H3/t15-,16-,17+/m1/s1. The van der Waals surface area contributed by atoms with Gasteiger partial charge in [-0.15, -0.1) is 0 Å². The molecule has 2 N–H and O–H groups in total. The van der Waals surface area contributed by atoms with Crippen molar-refractivity contribution in [2.45, 2.75) is 37.6 Å². The van der Waals surface area contributed by atoms with Crippen molar-refractivity contribution in [2.24, 2.45) is 13.0 Å². The molecule has 2 aliphatic heterocycles. The second kappa shape index (κ2) is 7.93. The van der Waals surface area contributed by atoms with E-state index < -0.39 is 12.2 Å². The SMILES string of the molecule is CN(CC1CCN(Cc2cncn2C)CC1)[C@@H]1COC[C@@H](O)[C@H]1O. The number of aliphatic hydroxyl groups excluding tert-OH is 2. The number of hydrogen-bond donors (Lipinski definition) is 2. The van der Waals surface area contributed by atoms with E-state index in [1.807, 2.05) is 26.6 Å². The molecule has 7 nitrogen and oxygen atoms in total. The Hall–Kier alpha value is -0.990. The summed E-state index contributed by atoms with van der Waals surface area (Å²) in [4.78, 5) is 8.82. The zero-order valence-electron chi connectivity index (χ0n) is 14.7. The topological polar surface area (TPSA) is 74.0 Å². The van der Waals surface area contributed by atoms with E-state index in [0.717, 1.165) is 39.0 Å². The molecule has 3 heterocycles. The van der Waals surface area contributed by atoms with Crippen LogP contribution >= 0.6 is 0 Å². The van der Waals surface area contributed by atoms with Crippen LogP contribution in [0.15, 0.2) is 12.5 Å². The first-order valence-electron chi connectivity index (χ1n) is 8.86. The number of likely N-dealkylation sites (tertiary alicyclic amines) is 1. The van der Waals surface area contributed by atoms with Gasteiger partial charge in [-0.1, -0.05) is 0 Å². The van der Waals surface area contributed by atoms with Crippen molar-refractivity contribution in [3.63, 3.8) is 0 Å². The average Bonchev–Trinajstić information content (AvgIpc) is 2.97. The van der Waals surface area contributed by atoms with Crippen LogP contribution in [0.2, 0.25) is 0 Å². The number of rotatable bonds is 5. The summed E-state index contributed by atoms with van der Waals surface area (Å²) in [7, 11) is 4.06. The molecule has 136 valence electrons. The molecule has 0 radical (unpaired) electrons. The van der Waals surface area contributed by atoms with Crippen LogP contribution in [0.4, 0.5) is 0 Å². The van der Waals surface area contributed by atoms with Crippen LogP contribution < -0.4 is 0 Å². The van der Waals surface area contributed by atoms with E-state index in [1.54, 1.807) is 0 Å². The smallest absolute Gasteiger partial charge is 0.105 e. The fourth-order valence-electron chi connectivity index (χ4n) is 3.79. The maximum Gasteiger partial charge on any atom is 0.105 e. The number of imidazole rings is 1. The summed E-state index contributed by atoms with van der Waals surface area (Å²) in [6.07, 6.45) is 4.63. The van der Waals surface area contributed by atoms with Gasteiger partial charge in [0.15, 0.2) is 0 Å². The Morgan fingerprint density at radius 2 is 2.04 bits per heavy atom. The van der Waals surface area contributed by atoms with E-state index in [1.165, 1.54) is 5.69 Å². The third-order valence-electron chi connectivity index (χ3n) is 5.49. The van der Waals surface area contributed by atoms with E-state index in [4.69, 9.17) is 4.74 Å². The number of piperidine rings is 1. The van der Waals surface area contributed by atoms with Gasteiger partial charge in [-0.25, -0.2) is 4.98 Å². The summed E-state index contributed by atoms with van der Waals surface area (Å²) < 4.78 is 7.47. The van der Waals surface area contributed by atoms with Gasteiger partial charge < -0.3 is 19.5 Å². The van der Waals surface area contributed by atoms with Crippen molar-refractivity contribution in [3.8, 4) is 0 Å². The molecule has 3 rings (SSSR count). The second-order valence-electron chi connectivity index (χ2n) is 7.32. The normalized spacial score (nSPS) is 30.1. The summed E-state index contributed by atoms with van der Waals surface area (Å²) in [6, 6.07) is -0.110. The van der Waals surface area contributed by atoms with E-state index in [9.17, 15) is 10.2 Å². The van der Waals surface area contributed by atoms with Gasteiger partial charge in [0.1, 0.15) is 6.10 Å². The van der Waals surface area contributed by atoms with Crippen molar-refractivity contribution >= 4 is 0 Å². The van der Waals surface area contributed by atoms with E-state index in [0.29, 0.717) is 12.5 Å². The molecule has 1 aromatic heterocycles. The van der Waals surface area contributed by atoms with Crippen molar-refractivity contribution in [3.05, 3.63) is 18.2 Å². The lowest BCUT2D eigenvalue weighted by Gasteiger charge is -2.40. The Labute approximate surface area is 143 Å². The van der Waals surface area contributed by atoms with Crippen LogP contribution in [0.1, 0.15) is 18.5 Å². The highest BCUT2D eigenvalue weighted by Gasteiger charge is 2.35. The van der Waals surface area contributed by atoms with Gasteiger partial charge >= 0.3 is 0 Å². The Morgan fingerprint density at radius 3 is 2.71 bits per heavy atom. The number of hydrogen-bond acceptors (Lipinski definition) is 6. The minimum Gasteiger partial charge on any atom is -0.389 e. The molecule has 0 unspecified atom stereocenters. The van der Waals surface area contributed by atoms with Gasteiger partial charge in [0, 0.05) is 26.3 Å². The molecule has 0 amide bonds. The third-order valence-corrected chi connectivity index (χ3v) is 5.49. The Balaban J connectivity index is 1.44. The third kappa shape index (κ3) is 4.15. The molecule has 2 aliphatic rings. The van der Waals surface area contributed by atoms with Crippen LogP contribution in [0.25, 0.3) is 0 Å². The van der Waals surface area contributed by atoms with Crippen LogP contribution in [-0.2, 0) is 18.3 Å². The molecule has 3 atom stereocenters. The fraction of sp³-hybridized carbons (Fsp3) is 0.824. The molecule has 0 spiro atoms. The molecule has 1 aromatic rings. The molecule has 0 aliphatic carbocycles. The summed E-state index contributed by atoms with van der Waals surface area (Å²) in [5.74, 6) is 0.629. The van der Waals surface area contributed by atoms with Crippen LogP contribution in [-0.4, -0.2) is 87.7 Å². The van der Waals surface area contributed by atoms with Crippen molar-refractivity contribution in [1.29, 1.82) is 0 Å². The number of aryl methyl sites for hydroxylation is 1. The zero-order valence-corrected chi connectivity index (χ0v) is 14.7. The number of aliphatic hydroxyl groups is 2. The summed E-state index contributed by atoms with van der Waals surface area (Å²) in [5, 5.41) is 19.9. The predicted octanol–water partition coefficient (Wildman–Crippen LogP) is -0.315. The Morgan fingerprint density at radius 1 is 1.29 bits per heavy atom. The van der Waals surface area contributed by atoms with E-state index in [2.05, 4.69) is 19.4 Å². The number of likely N-dealkylation sites (N-methyl/N-ethyl adjacent to an activating group) is 1. The lowest BCUT2D eigenvalue weighted by atomic mass is 9.94. The van der Waals surface area contributed by atoms with Gasteiger partial charge in [-0.05, 0) is 38.9 Å². The maximum absolute atomic E-state index is 10.2. The lowest BCUT2D eigenvalue weighted by Crippen LogP contribution is -2.56. The Kier molecular flexibility index (Phi) is 5.89. The lowest BCUT2D eigenvalue weighted by molar-refractivity contribution is -0.130. The molecular formula is C17H30N4O3. The van der Waals surface area contributed by atoms with Crippen molar-refractivity contribution in [2.75, 3.05) is 39.9 Å². The quantitative estimate of drug-likeness (QED) is 0.767. The van der Waals surface area contributed by atoms with Gasteiger partial charge in [0.25, 0.3) is 0 Å². The highest BCUT2D eigenvalue weighted by molar-refractivity contribution is 4.97. The Bertz CT molecular complexity index is 516. The molecule has 24 heavy (non-hydrogen) atoms. The van der Waals surface area contributed by atoms with Crippen LogP contribution in [0.3, 0.4) is 0 Å². The minimum atomic E-state index is -0.771. The first kappa shape index (κ1) is 17.8. The molecule has 7 heteroatoms. The summed E-state index contributed by atoms with van der Waals surface area (Å²) in [6.45, 7) is 4.82. The highest BCUT2D eigenvalue weighted by atomic mass is 16.5. The minimum absolute atomic E-state index is 0.110. The van der Waals surface area contributed by atoms with Crippen molar-refractivity contribution < 1.29 is 14.9 Å².